The molecule has 0 aliphatic carbocycles. The van der Waals surface area contributed by atoms with Gasteiger partial charge in [0.1, 0.15) is 11.6 Å². The predicted molar refractivity (Wildman–Crippen MR) is 91.3 cm³/mol. The fraction of sp³-hybridized carbons (Fsp3) is 0.111. The number of benzene rings is 1. The van der Waals surface area contributed by atoms with Gasteiger partial charge in [0, 0.05) is 24.5 Å². The zero-order valence-electron chi connectivity index (χ0n) is 12.7. The van der Waals surface area contributed by atoms with E-state index >= 15 is 0 Å². The van der Waals surface area contributed by atoms with Crippen LogP contribution in [-0.4, -0.2) is 17.5 Å². The minimum absolute atomic E-state index is 0.122. The van der Waals surface area contributed by atoms with Gasteiger partial charge in [-0.2, -0.15) is 11.3 Å². The molecule has 122 valence electrons. The zero-order valence-corrected chi connectivity index (χ0v) is 13.6. The van der Waals surface area contributed by atoms with Gasteiger partial charge in [0.2, 0.25) is 0 Å². The number of nitrogens with zero attached hydrogens (tertiary/aromatic N) is 1. The zero-order chi connectivity index (χ0) is 16.8. The highest BCUT2D eigenvalue weighted by atomic mass is 32.1. The van der Waals surface area contributed by atoms with E-state index in [9.17, 15) is 9.18 Å². The van der Waals surface area contributed by atoms with Crippen molar-refractivity contribution in [3.05, 3.63) is 70.9 Å². The van der Waals surface area contributed by atoms with Gasteiger partial charge in [0.15, 0.2) is 6.61 Å². The number of pyridine rings is 1. The van der Waals surface area contributed by atoms with Gasteiger partial charge < -0.3 is 10.1 Å². The molecule has 0 fully saturated rings. The Bertz CT molecular complexity index is 804. The Hall–Kier alpha value is -2.73. The molecule has 1 amide bonds. The minimum atomic E-state index is -0.343. The van der Waals surface area contributed by atoms with Crippen LogP contribution in [0.2, 0.25) is 0 Å². The van der Waals surface area contributed by atoms with Gasteiger partial charge in [-0.1, -0.05) is 0 Å². The number of ether oxygens (including phenoxy) is 1. The summed E-state index contributed by atoms with van der Waals surface area (Å²) in [6, 6.07) is 9.56. The lowest BCUT2D eigenvalue weighted by Gasteiger charge is -2.08. The fourth-order valence-corrected chi connectivity index (χ4v) is 2.77. The van der Waals surface area contributed by atoms with Crippen molar-refractivity contribution in [2.75, 3.05) is 6.61 Å². The third-order valence-electron chi connectivity index (χ3n) is 3.32. The van der Waals surface area contributed by atoms with Crippen LogP contribution in [0.4, 0.5) is 4.39 Å². The van der Waals surface area contributed by atoms with Crippen LogP contribution in [0.5, 0.6) is 5.75 Å². The van der Waals surface area contributed by atoms with Gasteiger partial charge in [0.25, 0.3) is 5.91 Å². The normalized spacial score (nSPS) is 10.4. The number of halogens is 1. The molecule has 2 heterocycles. The van der Waals surface area contributed by atoms with Crippen LogP contribution in [0.1, 0.15) is 5.56 Å². The Morgan fingerprint density at radius 2 is 2.00 bits per heavy atom. The lowest BCUT2D eigenvalue weighted by Crippen LogP contribution is -2.28. The maximum Gasteiger partial charge on any atom is 0.258 e. The Morgan fingerprint density at radius 1 is 1.17 bits per heavy atom. The fourth-order valence-electron chi connectivity index (χ4n) is 2.10. The standard InChI is InChI=1S/C18H15FN2O2S/c19-16-1-3-17(4-2-16)23-11-18(22)21-9-13-7-15(10-20-8-13)14-5-6-24-12-14/h1-8,10,12H,9,11H2,(H,21,22). The molecule has 0 saturated heterocycles. The number of aromatic nitrogens is 1. The van der Waals surface area contributed by atoms with Gasteiger partial charge in [-0.3, -0.25) is 9.78 Å². The Kier molecular flexibility index (Phi) is 5.18. The number of amides is 1. The van der Waals surface area contributed by atoms with Crippen molar-refractivity contribution in [2.24, 2.45) is 0 Å². The summed E-state index contributed by atoms with van der Waals surface area (Å²) in [6.45, 7) is 0.250. The molecule has 4 nitrogen and oxygen atoms in total. The second-order valence-corrected chi connectivity index (χ2v) is 5.89. The molecule has 0 bridgehead atoms. The number of hydrogen-bond acceptors (Lipinski definition) is 4. The molecule has 0 radical (unpaired) electrons. The summed E-state index contributed by atoms with van der Waals surface area (Å²) in [5, 5.41) is 6.84. The van der Waals surface area contributed by atoms with Crippen molar-refractivity contribution in [1.82, 2.24) is 10.3 Å². The maximum atomic E-state index is 12.8. The van der Waals surface area contributed by atoms with Crippen LogP contribution in [-0.2, 0) is 11.3 Å². The summed E-state index contributed by atoms with van der Waals surface area (Å²) < 4.78 is 18.1. The monoisotopic (exact) mass is 342 g/mol. The second-order valence-electron chi connectivity index (χ2n) is 5.11. The van der Waals surface area contributed by atoms with Gasteiger partial charge >= 0.3 is 0 Å². The van der Waals surface area contributed by atoms with E-state index < -0.39 is 0 Å². The summed E-state index contributed by atoms with van der Waals surface area (Å²) >= 11 is 1.63. The van der Waals surface area contributed by atoms with E-state index in [1.807, 2.05) is 17.5 Å². The summed E-state index contributed by atoms with van der Waals surface area (Å²) in [5.74, 6) is -0.141. The molecule has 6 heteroatoms. The molecule has 0 unspecified atom stereocenters. The first kappa shape index (κ1) is 16.1. The molecule has 0 spiro atoms. The van der Waals surface area contributed by atoms with E-state index in [4.69, 9.17) is 4.74 Å². The van der Waals surface area contributed by atoms with Gasteiger partial charge in [-0.15, -0.1) is 0 Å². The number of carbonyl (C=O) groups is 1. The number of thiophene rings is 1. The van der Waals surface area contributed by atoms with Crippen LogP contribution < -0.4 is 10.1 Å². The highest BCUT2D eigenvalue weighted by Crippen LogP contribution is 2.21. The Labute approximate surface area is 142 Å². The number of rotatable bonds is 6. The molecule has 2 aromatic heterocycles. The summed E-state index contributed by atoms with van der Waals surface area (Å²) in [7, 11) is 0. The number of hydrogen-bond donors (Lipinski definition) is 1. The largest absolute Gasteiger partial charge is 0.484 e. The molecule has 3 aromatic rings. The third kappa shape index (κ3) is 4.39. The van der Waals surface area contributed by atoms with Crippen LogP contribution in [0.3, 0.4) is 0 Å². The minimum Gasteiger partial charge on any atom is -0.484 e. The van der Waals surface area contributed by atoms with E-state index in [1.165, 1.54) is 24.3 Å². The molecule has 24 heavy (non-hydrogen) atoms. The number of nitrogens with one attached hydrogen (secondary N) is 1. The van der Waals surface area contributed by atoms with Gasteiger partial charge in [-0.25, -0.2) is 4.39 Å². The molecule has 1 N–H and O–H groups in total. The predicted octanol–water partition coefficient (Wildman–Crippen LogP) is 3.64. The van der Waals surface area contributed by atoms with Gasteiger partial charge in [0.05, 0.1) is 0 Å². The molecule has 0 aliphatic heterocycles. The van der Waals surface area contributed by atoms with E-state index in [0.29, 0.717) is 12.3 Å². The molecule has 0 aliphatic rings. The smallest absolute Gasteiger partial charge is 0.258 e. The molecule has 1 aromatic carbocycles. The van der Waals surface area contributed by atoms with Crippen LogP contribution in [0, 0.1) is 5.82 Å². The lowest BCUT2D eigenvalue weighted by atomic mass is 10.1. The van der Waals surface area contributed by atoms with Crippen LogP contribution in [0.25, 0.3) is 11.1 Å². The van der Waals surface area contributed by atoms with E-state index in [-0.39, 0.29) is 18.3 Å². The third-order valence-corrected chi connectivity index (χ3v) is 4.01. The highest BCUT2D eigenvalue weighted by molar-refractivity contribution is 7.08. The maximum absolute atomic E-state index is 12.8. The van der Waals surface area contributed by atoms with Crippen molar-refractivity contribution < 1.29 is 13.9 Å². The molecule has 0 saturated carbocycles. The van der Waals surface area contributed by atoms with Crippen molar-refractivity contribution >= 4 is 17.2 Å². The van der Waals surface area contributed by atoms with Crippen molar-refractivity contribution in [3.8, 4) is 16.9 Å². The van der Waals surface area contributed by atoms with Crippen molar-refractivity contribution in [3.63, 3.8) is 0 Å². The quantitative estimate of drug-likeness (QED) is 0.744. The summed E-state index contributed by atoms with van der Waals surface area (Å²) in [4.78, 5) is 16.0. The average Bonchev–Trinajstić information content (AvgIpc) is 3.14. The average molecular weight is 342 g/mol. The molecule has 0 atom stereocenters. The van der Waals surface area contributed by atoms with E-state index in [0.717, 1.165) is 16.7 Å². The van der Waals surface area contributed by atoms with E-state index in [2.05, 4.69) is 15.7 Å². The SMILES string of the molecule is O=C(COc1ccc(F)cc1)NCc1cncc(-c2ccsc2)c1. The van der Waals surface area contributed by atoms with Crippen molar-refractivity contribution in [1.29, 1.82) is 0 Å². The number of carbonyl (C=O) groups excluding carboxylic acids is 1. The van der Waals surface area contributed by atoms with Gasteiger partial charge in [-0.05, 0) is 58.3 Å². The highest BCUT2D eigenvalue weighted by Gasteiger charge is 2.05. The second kappa shape index (κ2) is 7.70. The Balaban J connectivity index is 1.51. The molecule has 3 rings (SSSR count). The Morgan fingerprint density at radius 3 is 2.75 bits per heavy atom. The first-order chi connectivity index (χ1) is 11.7. The first-order valence-electron chi connectivity index (χ1n) is 7.32. The molecular weight excluding hydrogens is 327 g/mol. The summed E-state index contributed by atoms with van der Waals surface area (Å²) in [5.41, 5.74) is 3.04. The lowest BCUT2D eigenvalue weighted by molar-refractivity contribution is -0.123. The van der Waals surface area contributed by atoms with Crippen LogP contribution >= 0.6 is 11.3 Å². The van der Waals surface area contributed by atoms with Crippen LogP contribution in [0.15, 0.2) is 59.6 Å². The first-order valence-corrected chi connectivity index (χ1v) is 8.26. The molecular formula is C18H15FN2O2S. The summed E-state index contributed by atoms with van der Waals surface area (Å²) in [6.07, 6.45) is 3.52. The van der Waals surface area contributed by atoms with E-state index in [1.54, 1.807) is 23.7 Å². The topological polar surface area (TPSA) is 51.2 Å². The van der Waals surface area contributed by atoms with Crippen molar-refractivity contribution in [2.45, 2.75) is 6.54 Å².